The molecule has 0 saturated carbocycles. The molecule has 29 heavy (non-hydrogen) atoms. The van der Waals surface area contributed by atoms with E-state index in [1.807, 2.05) is 13.0 Å². The molecule has 7 heteroatoms. The Morgan fingerprint density at radius 3 is 2.72 bits per heavy atom. The van der Waals surface area contributed by atoms with Crippen LogP contribution in [0.5, 0.6) is 5.75 Å². The minimum absolute atomic E-state index is 0.113. The van der Waals surface area contributed by atoms with Crippen LogP contribution in [0.4, 0.5) is 0 Å². The van der Waals surface area contributed by atoms with Gasteiger partial charge in [0.25, 0.3) is 5.91 Å². The van der Waals surface area contributed by atoms with Crippen molar-refractivity contribution in [2.75, 3.05) is 40.0 Å². The van der Waals surface area contributed by atoms with E-state index in [1.165, 1.54) is 0 Å². The van der Waals surface area contributed by atoms with Crippen LogP contribution in [0.15, 0.2) is 18.2 Å². The second kappa shape index (κ2) is 9.13. The number of nitrogens with zero attached hydrogens (tertiary/aromatic N) is 1. The van der Waals surface area contributed by atoms with Gasteiger partial charge < -0.3 is 20.1 Å². The van der Waals surface area contributed by atoms with Gasteiger partial charge in [0.2, 0.25) is 5.91 Å². The molecule has 2 amide bonds. The highest BCUT2D eigenvalue weighted by atomic mass is 16.5. The Morgan fingerprint density at radius 1 is 1.38 bits per heavy atom. The first-order chi connectivity index (χ1) is 13.8. The lowest BCUT2D eigenvalue weighted by molar-refractivity contribution is -0.125. The molecule has 0 aromatic heterocycles. The number of aryl methyl sites for hydroxylation is 1. The van der Waals surface area contributed by atoms with Gasteiger partial charge in [0.05, 0.1) is 12.6 Å². The van der Waals surface area contributed by atoms with Crippen molar-refractivity contribution in [1.29, 1.82) is 0 Å². The normalized spacial score (nSPS) is 22.2. The van der Waals surface area contributed by atoms with Crippen LogP contribution in [0.1, 0.15) is 42.6 Å². The number of carbonyl (C=O) groups excluding carboxylic acids is 2. The molecular weight excluding hydrogens is 370 g/mol. The molecule has 1 aromatic carbocycles. The van der Waals surface area contributed by atoms with Crippen LogP contribution < -0.4 is 15.4 Å². The standard InChI is InChI=1S/C22H33N3O4/c1-15(2)12-25-13-19(21(27)24-22(14-25)7-9-29-10-8-22)23-20(26)18-6-5-17(28-4)11-16(18)3/h5-6,11,15,19H,7-10,12-14H2,1-4H3,(H,23,26)(H,24,27). The van der Waals surface area contributed by atoms with Gasteiger partial charge in [0.15, 0.2) is 0 Å². The SMILES string of the molecule is COc1ccc(C(=O)NC2CN(CC(C)C)CC3(CCOCC3)NC2=O)c(C)c1. The Hall–Kier alpha value is -2.12. The molecule has 160 valence electrons. The number of amides is 2. The van der Waals surface area contributed by atoms with E-state index in [-0.39, 0.29) is 17.4 Å². The highest BCUT2D eigenvalue weighted by molar-refractivity contribution is 5.99. The number of carbonyl (C=O) groups is 2. The molecular formula is C22H33N3O4. The van der Waals surface area contributed by atoms with Crippen LogP contribution in [0, 0.1) is 12.8 Å². The third-order valence-corrected chi connectivity index (χ3v) is 5.73. The average Bonchev–Trinajstić information content (AvgIpc) is 2.77. The second-order valence-electron chi connectivity index (χ2n) is 8.68. The molecule has 3 rings (SSSR count). The van der Waals surface area contributed by atoms with Gasteiger partial charge in [0.1, 0.15) is 11.8 Å². The quantitative estimate of drug-likeness (QED) is 0.783. The van der Waals surface area contributed by atoms with Crippen LogP contribution in [-0.2, 0) is 9.53 Å². The Bertz CT molecular complexity index is 744. The molecule has 2 aliphatic heterocycles. The zero-order valence-electron chi connectivity index (χ0n) is 17.9. The van der Waals surface area contributed by atoms with E-state index in [2.05, 4.69) is 29.4 Å². The number of hydrogen-bond acceptors (Lipinski definition) is 5. The van der Waals surface area contributed by atoms with Crippen molar-refractivity contribution in [3.63, 3.8) is 0 Å². The first-order valence-electron chi connectivity index (χ1n) is 10.4. The van der Waals surface area contributed by atoms with Gasteiger partial charge in [-0.15, -0.1) is 0 Å². The van der Waals surface area contributed by atoms with Gasteiger partial charge in [-0.25, -0.2) is 0 Å². The molecule has 2 saturated heterocycles. The fourth-order valence-corrected chi connectivity index (χ4v) is 4.29. The van der Waals surface area contributed by atoms with E-state index < -0.39 is 6.04 Å². The zero-order valence-corrected chi connectivity index (χ0v) is 17.9. The van der Waals surface area contributed by atoms with Gasteiger partial charge >= 0.3 is 0 Å². The summed E-state index contributed by atoms with van der Waals surface area (Å²) >= 11 is 0. The summed E-state index contributed by atoms with van der Waals surface area (Å²) in [6.45, 7) is 9.69. The van der Waals surface area contributed by atoms with Crippen LogP contribution in [0.3, 0.4) is 0 Å². The van der Waals surface area contributed by atoms with Crippen molar-refractivity contribution >= 4 is 11.8 Å². The zero-order chi connectivity index (χ0) is 21.0. The van der Waals surface area contributed by atoms with E-state index >= 15 is 0 Å². The van der Waals surface area contributed by atoms with Crippen molar-refractivity contribution in [2.45, 2.75) is 45.2 Å². The van der Waals surface area contributed by atoms with E-state index in [0.717, 1.165) is 31.5 Å². The molecule has 1 unspecified atom stereocenters. The highest BCUT2D eigenvalue weighted by Crippen LogP contribution is 2.25. The Kier molecular flexibility index (Phi) is 6.80. The first kappa shape index (κ1) is 21.6. The van der Waals surface area contributed by atoms with E-state index in [0.29, 0.717) is 37.0 Å². The maximum atomic E-state index is 13.1. The lowest BCUT2D eigenvalue weighted by atomic mass is 9.89. The van der Waals surface area contributed by atoms with Crippen LogP contribution in [-0.4, -0.2) is 68.3 Å². The third kappa shape index (κ3) is 5.28. The summed E-state index contributed by atoms with van der Waals surface area (Å²) < 4.78 is 10.7. The van der Waals surface area contributed by atoms with Gasteiger partial charge in [-0.2, -0.15) is 0 Å². The topological polar surface area (TPSA) is 79.9 Å². The molecule has 1 spiro atoms. The highest BCUT2D eigenvalue weighted by Gasteiger charge is 2.41. The molecule has 2 aliphatic rings. The number of benzene rings is 1. The van der Waals surface area contributed by atoms with Gasteiger partial charge in [-0.05, 0) is 49.4 Å². The minimum atomic E-state index is -0.593. The first-order valence-corrected chi connectivity index (χ1v) is 10.4. The predicted octanol–water partition coefficient (Wildman–Crippen LogP) is 1.74. The molecule has 0 radical (unpaired) electrons. The van der Waals surface area contributed by atoms with Crippen LogP contribution in [0.25, 0.3) is 0 Å². The predicted molar refractivity (Wildman–Crippen MR) is 111 cm³/mol. The van der Waals surface area contributed by atoms with Crippen molar-refractivity contribution in [3.05, 3.63) is 29.3 Å². The van der Waals surface area contributed by atoms with Crippen LogP contribution in [0.2, 0.25) is 0 Å². The molecule has 0 aliphatic carbocycles. The molecule has 7 nitrogen and oxygen atoms in total. The summed E-state index contributed by atoms with van der Waals surface area (Å²) in [4.78, 5) is 28.3. The molecule has 2 N–H and O–H groups in total. The van der Waals surface area contributed by atoms with E-state index in [9.17, 15) is 9.59 Å². The van der Waals surface area contributed by atoms with Gasteiger partial charge in [0, 0.05) is 38.4 Å². The third-order valence-electron chi connectivity index (χ3n) is 5.73. The van der Waals surface area contributed by atoms with Crippen molar-refractivity contribution in [2.24, 2.45) is 5.92 Å². The number of hydrogen-bond donors (Lipinski definition) is 2. The average molecular weight is 404 g/mol. The Balaban J connectivity index is 1.78. The van der Waals surface area contributed by atoms with Gasteiger partial charge in [-0.3, -0.25) is 14.5 Å². The van der Waals surface area contributed by atoms with Crippen molar-refractivity contribution in [1.82, 2.24) is 15.5 Å². The second-order valence-corrected chi connectivity index (χ2v) is 8.68. The summed E-state index contributed by atoms with van der Waals surface area (Å²) in [6.07, 6.45) is 1.59. The lowest BCUT2D eigenvalue weighted by Gasteiger charge is -2.39. The molecule has 2 fully saturated rings. The summed E-state index contributed by atoms with van der Waals surface area (Å²) in [6, 6.07) is 4.73. The molecule has 2 heterocycles. The summed E-state index contributed by atoms with van der Waals surface area (Å²) in [5.74, 6) is 0.825. The Morgan fingerprint density at radius 2 is 2.10 bits per heavy atom. The lowest BCUT2D eigenvalue weighted by Crippen LogP contribution is -2.57. The summed E-state index contributed by atoms with van der Waals surface area (Å²) in [7, 11) is 1.60. The van der Waals surface area contributed by atoms with Crippen molar-refractivity contribution < 1.29 is 19.1 Å². The van der Waals surface area contributed by atoms with Crippen molar-refractivity contribution in [3.8, 4) is 5.75 Å². The Labute approximate surface area is 173 Å². The van der Waals surface area contributed by atoms with E-state index in [1.54, 1.807) is 19.2 Å². The largest absolute Gasteiger partial charge is 0.497 e. The smallest absolute Gasteiger partial charge is 0.252 e. The van der Waals surface area contributed by atoms with E-state index in [4.69, 9.17) is 9.47 Å². The molecule has 1 aromatic rings. The molecule has 1 atom stereocenters. The van der Waals surface area contributed by atoms with Gasteiger partial charge in [-0.1, -0.05) is 13.8 Å². The fourth-order valence-electron chi connectivity index (χ4n) is 4.29. The number of methoxy groups -OCH3 is 1. The number of nitrogens with one attached hydrogen (secondary N) is 2. The molecule has 0 bridgehead atoms. The monoisotopic (exact) mass is 403 g/mol. The number of rotatable bonds is 5. The van der Waals surface area contributed by atoms with Crippen LogP contribution >= 0.6 is 0 Å². The summed E-state index contributed by atoms with van der Waals surface area (Å²) in [5, 5.41) is 6.21. The summed E-state index contributed by atoms with van der Waals surface area (Å²) in [5.41, 5.74) is 1.09. The maximum absolute atomic E-state index is 13.1. The maximum Gasteiger partial charge on any atom is 0.252 e. The minimum Gasteiger partial charge on any atom is -0.497 e. The fraction of sp³-hybridized carbons (Fsp3) is 0.636. The number of ether oxygens (including phenoxy) is 2.